The third-order valence-electron chi connectivity index (χ3n) is 3.67. The number of methoxy groups -OCH3 is 2. The van der Waals surface area contributed by atoms with Crippen LogP contribution < -0.4 is 9.47 Å². The van der Waals surface area contributed by atoms with Crippen LogP contribution in [0, 0.1) is 13.8 Å². The molecule has 1 atom stereocenters. The van der Waals surface area contributed by atoms with E-state index in [9.17, 15) is 5.11 Å². The summed E-state index contributed by atoms with van der Waals surface area (Å²) in [6, 6.07) is 11.4. The summed E-state index contributed by atoms with van der Waals surface area (Å²) in [6.45, 7) is 4.05. The Hall–Kier alpha value is -2.00. The first-order valence-electron chi connectivity index (χ1n) is 6.54. The minimum absolute atomic E-state index is 0.652. The maximum Gasteiger partial charge on any atom is 0.125 e. The topological polar surface area (TPSA) is 38.7 Å². The summed E-state index contributed by atoms with van der Waals surface area (Å²) in [6.07, 6.45) is -0.736. The molecule has 0 aliphatic rings. The van der Waals surface area contributed by atoms with E-state index in [1.54, 1.807) is 14.2 Å². The molecule has 0 saturated carbocycles. The highest BCUT2D eigenvalue weighted by atomic mass is 16.5. The first kappa shape index (κ1) is 14.4. The third-order valence-corrected chi connectivity index (χ3v) is 3.67. The zero-order chi connectivity index (χ0) is 14.7. The van der Waals surface area contributed by atoms with Crippen molar-refractivity contribution in [2.45, 2.75) is 20.0 Å². The fourth-order valence-corrected chi connectivity index (χ4v) is 2.29. The molecule has 2 rings (SSSR count). The van der Waals surface area contributed by atoms with Gasteiger partial charge in [0, 0.05) is 5.56 Å². The van der Waals surface area contributed by atoms with Gasteiger partial charge in [0.1, 0.15) is 17.6 Å². The van der Waals surface area contributed by atoms with Gasteiger partial charge in [0.05, 0.1) is 14.2 Å². The van der Waals surface area contributed by atoms with Gasteiger partial charge in [-0.1, -0.05) is 18.2 Å². The number of rotatable bonds is 4. The van der Waals surface area contributed by atoms with Gasteiger partial charge in [0.15, 0.2) is 0 Å². The molecule has 0 aliphatic heterocycles. The molecule has 3 heteroatoms. The molecular weight excluding hydrogens is 252 g/mol. The van der Waals surface area contributed by atoms with Crippen molar-refractivity contribution in [3.8, 4) is 11.5 Å². The molecule has 0 saturated heterocycles. The van der Waals surface area contributed by atoms with Crippen molar-refractivity contribution in [1.29, 1.82) is 0 Å². The van der Waals surface area contributed by atoms with E-state index in [4.69, 9.17) is 9.47 Å². The van der Waals surface area contributed by atoms with Crippen molar-refractivity contribution in [2.24, 2.45) is 0 Å². The van der Waals surface area contributed by atoms with E-state index in [0.717, 1.165) is 16.7 Å². The van der Waals surface area contributed by atoms with Gasteiger partial charge >= 0.3 is 0 Å². The van der Waals surface area contributed by atoms with E-state index in [2.05, 4.69) is 0 Å². The predicted molar refractivity (Wildman–Crippen MR) is 79.5 cm³/mol. The average Bonchev–Trinajstić information content (AvgIpc) is 2.48. The van der Waals surface area contributed by atoms with E-state index < -0.39 is 6.10 Å². The number of hydrogen-bond acceptors (Lipinski definition) is 3. The van der Waals surface area contributed by atoms with Crippen LogP contribution in [0.1, 0.15) is 28.4 Å². The normalized spacial score (nSPS) is 12.1. The van der Waals surface area contributed by atoms with E-state index in [0.29, 0.717) is 17.1 Å². The quantitative estimate of drug-likeness (QED) is 0.927. The summed E-state index contributed by atoms with van der Waals surface area (Å²) < 4.78 is 10.6. The highest BCUT2D eigenvalue weighted by molar-refractivity contribution is 5.47. The average molecular weight is 272 g/mol. The smallest absolute Gasteiger partial charge is 0.125 e. The molecule has 2 aromatic rings. The van der Waals surface area contributed by atoms with Gasteiger partial charge in [-0.15, -0.1) is 0 Å². The zero-order valence-electron chi connectivity index (χ0n) is 12.3. The Morgan fingerprint density at radius 3 is 2.35 bits per heavy atom. The van der Waals surface area contributed by atoms with E-state index >= 15 is 0 Å². The largest absolute Gasteiger partial charge is 0.497 e. The molecule has 0 radical (unpaired) electrons. The van der Waals surface area contributed by atoms with Crippen molar-refractivity contribution in [1.82, 2.24) is 0 Å². The van der Waals surface area contributed by atoms with Gasteiger partial charge in [-0.3, -0.25) is 0 Å². The number of aliphatic hydroxyl groups is 1. The molecule has 3 nitrogen and oxygen atoms in total. The minimum Gasteiger partial charge on any atom is -0.497 e. The molecule has 0 heterocycles. The lowest BCUT2D eigenvalue weighted by atomic mass is 9.94. The van der Waals surface area contributed by atoms with Gasteiger partial charge in [0.25, 0.3) is 0 Å². The highest BCUT2D eigenvalue weighted by Gasteiger charge is 2.18. The molecule has 0 amide bonds. The van der Waals surface area contributed by atoms with Crippen LogP contribution in [-0.2, 0) is 0 Å². The van der Waals surface area contributed by atoms with Crippen LogP contribution in [0.5, 0.6) is 11.5 Å². The summed E-state index contributed by atoms with van der Waals surface area (Å²) in [5.74, 6) is 1.35. The van der Waals surface area contributed by atoms with E-state index in [-0.39, 0.29) is 0 Å². The second-order valence-corrected chi connectivity index (χ2v) is 4.80. The number of aryl methyl sites for hydroxylation is 1. The van der Waals surface area contributed by atoms with E-state index in [1.165, 1.54) is 0 Å². The third kappa shape index (κ3) is 2.63. The lowest BCUT2D eigenvalue weighted by Gasteiger charge is -2.19. The molecule has 0 fully saturated rings. The lowest BCUT2D eigenvalue weighted by Crippen LogP contribution is -2.05. The number of hydrogen-bond donors (Lipinski definition) is 1. The Kier molecular flexibility index (Phi) is 4.30. The van der Waals surface area contributed by atoms with E-state index in [1.807, 2.05) is 50.2 Å². The van der Waals surface area contributed by atoms with Crippen molar-refractivity contribution >= 4 is 0 Å². The summed E-state index contributed by atoms with van der Waals surface area (Å²) in [5, 5.41) is 10.7. The Bertz CT molecular complexity index is 605. The minimum atomic E-state index is -0.736. The fraction of sp³-hybridized carbons (Fsp3) is 0.294. The number of aliphatic hydroxyl groups excluding tert-OH is 1. The Labute approximate surface area is 119 Å². The maximum absolute atomic E-state index is 10.7. The summed E-state index contributed by atoms with van der Waals surface area (Å²) in [7, 11) is 3.21. The standard InChI is InChI=1S/C17H20O3/c1-11-6-5-7-14(12(11)2)17(18)15-10-13(19-3)8-9-16(15)20-4/h5-10,17-18H,1-4H3. The fourth-order valence-electron chi connectivity index (χ4n) is 2.29. The first-order chi connectivity index (χ1) is 9.58. The summed E-state index contributed by atoms with van der Waals surface area (Å²) >= 11 is 0. The van der Waals surface area contributed by atoms with Crippen LogP contribution in [0.2, 0.25) is 0 Å². The predicted octanol–water partition coefficient (Wildman–Crippen LogP) is 3.40. The van der Waals surface area contributed by atoms with Gasteiger partial charge in [-0.2, -0.15) is 0 Å². The molecule has 0 aliphatic carbocycles. The van der Waals surface area contributed by atoms with Crippen LogP contribution in [0.15, 0.2) is 36.4 Å². The Morgan fingerprint density at radius 2 is 1.70 bits per heavy atom. The number of ether oxygens (including phenoxy) is 2. The van der Waals surface area contributed by atoms with Gasteiger partial charge in [-0.05, 0) is 48.7 Å². The molecule has 106 valence electrons. The van der Waals surface area contributed by atoms with Crippen molar-refractivity contribution in [3.63, 3.8) is 0 Å². The molecule has 1 unspecified atom stereocenters. The molecular formula is C17H20O3. The summed E-state index contributed by atoms with van der Waals surface area (Å²) in [5.41, 5.74) is 3.84. The molecule has 1 N–H and O–H groups in total. The molecule has 0 spiro atoms. The van der Waals surface area contributed by atoms with Crippen molar-refractivity contribution < 1.29 is 14.6 Å². The van der Waals surface area contributed by atoms with Crippen molar-refractivity contribution in [2.75, 3.05) is 14.2 Å². The highest BCUT2D eigenvalue weighted by Crippen LogP contribution is 2.34. The van der Waals surface area contributed by atoms with Gasteiger partial charge < -0.3 is 14.6 Å². The summed E-state index contributed by atoms with van der Waals surface area (Å²) in [4.78, 5) is 0. The van der Waals surface area contributed by atoms with Gasteiger partial charge in [0.2, 0.25) is 0 Å². The first-order valence-corrected chi connectivity index (χ1v) is 6.54. The van der Waals surface area contributed by atoms with Crippen LogP contribution in [0.3, 0.4) is 0 Å². The van der Waals surface area contributed by atoms with Crippen molar-refractivity contribution in [3.05, 3.63) is 58.7 Å². The lowest BCUT2D eigenvalue weighted by molar-refractivity contribution is 0.213. The molecule has 0 bridgehead atoms. The Morgan fingerprint density at radius 1 is 0.950 bits per heavy atom. The van der Waals surface area contributed by atoms with Gasteiger partial charge in [-0.25, -0.2) is 0 Å². The maximum atomic E-state index is 10.7. The molecule has 20 heavy (non-hydrogen) atoms. The SMILES string of the molecule is COc1ccc(OC)c(C(O)c2cccc(C)c2C)c1. The number of benzene rings is 2. The second kappa shape index (κ2) is 5.97. The van der Waals surface area contributed by atoms with Crippen LogP contribution >= 0.6 is 0 Å². The second-order valence-electron chi connectivity index (χ2n) is 4.80. The van der Waals surface area contributed by atoms with Crippen LogP contribution in [0.25, 0.3) is 0 Å². The van der Waals surface area contributed by atoms with Crippen LogP contribution in [0.4, 0.5) is 0 Å². The molecule has 2 aromatic carbocycles. The van der Waals surface area contributed by atoms with Crippen LogP contribution in [-0.4, -0.2) is 19.3 Å². The zero-order valence-corrected chi connectivity index (χ0v) is 12.3. The molecule has 0 aromatic heterocycles. The monoisotopic (exact) mass is 272 g/mol. The Balaban J connectivity index is 2.51.